The predicted molar refractivity (Wildman–Crippen MR) is 79.0 cm³/mol. The van der Waals surface area contributed by atoms with E-state index in [1.165, 1.54) is 5.56 Å². The van der Waals surface area contributed by atoms with Crippen LogP contribution in [0.15, 0.2) is 30.3 Å². The molecule has 2 rings (SSSR count). The van der Waals surface area contributed by atoms with Crippen molar-refractivity contribution in [3.63, 3.8) is 0 Å². The van der Waals surface area contributed by atoms with Crippen molar-refractivity contribution in [2.24, 2.45) is 5.73 Å². The standard InChI is InChI=1S/C16H26N2O/c1-4-15-11-19-13(2)10-18(15)12-16(3,17)14-8-6-5-7-9-14/h5-9,13,15H,4,10-12,17H2,1-3H3. The van der Waals surface area contributed by atoms with Gasteiger partial charge in [-0.05, 0) is 25.8 Å². The third kappa shape index (κ3) is 3.56. The first kappa shape index (κ1) is 14.5. The smallest absolute Gasteiger partial charge is 0.0674 e. The van der Waals surface area contributed by atoms with Crippen LogP contribution >= 0.6 is 0 Å². The molecule has 1 fully saturated rings. The van der Waals surface area contributed by atoms with Crippen LogP contribution in [0.5, 0.6) is 0 Å². The molecule has 19 heavy (non-hydrogen) atoms. The van der Waals surface area contributed by atoms with Gasteiger partial charge in [-0.15, -0.1) is 0 Å². The number of hydrogen-bond acceptors (Lipinski definition) is 3. The molecule has 0 amide bonds. The predicted octanol–water partition coefficient (Wildman–Crippen LogP) is 2.36. The average Bonchev–Trinajstić information content (AvgIpc) is 2.39. The Labute approximate surface area is 116 Å². The van der Waals surface area contributed by atoms with E-state index in [9.17, 15) is 0 Å². The van der Waals surface area contributed by atoms with E-state index in [0.717, 1.165) is 26.1 Å². The Kier molecular flexibility index (Phi) is 4.61. The van der Waals surface area contributed by atoms with Gasteiger partial charge in [-0.3, -0.25) is 4.90 Å². The maximum Gasteiger partial charge on any atom is 0.0674 e. The summed E-state index contributed by atoms with van der Waals surface area (Å²) in [5, 5.41) is 0. The molecule has 1 aliphatic heterocycles. The molecule has 1 aliphatic rings. The van der Waals surface area contributed by atoms with Gasteiger partial charge >= 0.3 is 0 Å². The van der Waals surface area contributed by atoms with Gasteiger partial charge in [0.05, 0.1) is 18.2 Å². The van der Waals surface area contributed by atoms with E-state index >= 15 is 0 Å². The van der Waals surface area contributed by atoms with Crippen molar-refractivity contribution in [2.45, 2.75) is 44.9 Å². The van der Waals surface area contributed by atoms with Gasteiger partial charge in [-0.25, -0.2) is 0 Å². The van der Waals surface area contributed by atoms with Crippen LogP contribution in [0.1, 0.15) is 32.8 Å². The zero-order chi connectivity index (χ0) is 13.9. The monoisotopic (exact) mass is 262 g/mol. The Balaban J connectivity index is 2.09. The molecule has 0 radical (unpaired) electrons. The molecule has 3 nitrogen and oxygen atoms in total. The summed E-state index contributed by atoms with van der Waals surface area (Å²) in [7, 11) is 0. The first-order valence-corrected chi connectivity index (χ1v) is 7.23. The van der Waals surface area contributed by atoms with E-state index in [-0.39, 0.29) is 5.54 Å². The summed E-state index contributed by atoms with van der Waals surface area (Å²) >= 11 is 0. The van der Waals surface area contributed by atoms with E-state index < -0.39 is 0 Å². The molecule has 0 spiro atoms. The Morgan fingerprint density at radius 1 is 1.37 bits per heavy atom. The Hall–Kier alpha value is -0.900. The van der Waals surface area contributed by atoms with Crippen molar-refractivity contribution in [1.29, 1.82) is 0 Å². The fourth-order valence-electron chi connectivity index (χ4n) is 2.81. The zero-order valence-electron chi connectivity index (χ0n) is 12.3. The highest BCUT2D eigenvalue weighted by molar-refractivity contribution is 5.23. The van der Waals surface area contributed by atoms with Crippen molar-refractivity contribution >= 4 is 0 Å². The van der Waals surface area contributed by atoms with Crippen molar-refractivity contribution < 1.29 is 4.74 Å². The summed E-state index contributed by atoms with van der Waals surface area (Å²) in [5.41, 5.74) is 7.43. The lowest BCUT2D eigenvalue weighted by molar-refractivity contribution is -0.0619. The minimum Gasteiger partial charge on any atom is -0.376 e. The molecule has 1 saturated heterocycles. The van der Waals surface area contributed by atoms with E-state index in [2.05, 4.69) is 49.9 Å². The van der Waals surface area contributed by atoms with Gasteiger partial charge < -0.3 is 10.5 Å². The summed E-state index contributed by atoms with van der Waals surface area (Å²) in [5.74, 6) is 0. The van der Waals surface area contributed by atoms with Crippen LogP contribution in [-0.4, -0.2) is 36.7 Å². The Morgan fingerprint density at radius 3 is 2.68 bits per heavy atom. The lowest BCUT2D eigenvalue weighted by Gasteiger charge is -2.42. The van der Waals surface area contributed by atoms with E-state index in [4.69, 9.17) is 10.5 Å². The van der Waals surface area contributed by atoms with Crippen LogP contribution in [0.3, 0.4) is 0 Å². The highest BCUT2D eigenvalue weighted by Crippen LogP contribution is 2.23. The second kappa shape index (κ2) is 6.04. The van der Waals surface area contributed by atoms with Crippen LogP contribution in [0.25, 0.3) is 0 Å². The molecule has 0 aromatic heterocycles. The molecule has 0 bridgehead atoms. The minimum atomic E-state index is -0.314. The number of benzene rings is 1. The van der Waals surface area contributed by atoms with Crippen molar-refractivity contribution in [2.75, 3.05) is 19.7 Å². The largest absolute Gasteiger partial charge is 0.376 e. The molecular weight excluding hydrogens is 236 g/mol. The van der Waals surface area contributed by atoms with Crippen LogP contribution in [-0.2, 0) is 10.3 Å². The molecule has 0 saturated carbocycles. The minimum absolute atomic E-state index is 0.300. The summed E-state index contributed by atoms with van der Waals surface area (Å²) in [6.07, 6.45) is 1.41. The normalized spacial score (nSPS) is 28.0. The van der Waals surface area contributed by atoms with Crippen LogP contribution in [0.2, 0.25) is 0 Å². The van der Waals surface area contributed by atoms with Crippen LogP contribution in [0.4, 0.5) is 0 Å². The quantitative estimate of drug-likeness (QED) is 0.905. The molecule has 0 aliphatic carbocycles. The molecule has 1 aromatic rings. The fraction of sp³-hybridized carbons (Fsp3) is 0.625. The van der Waals surface area contributed by atoms with Gasteiger partial charge in [0, 0.05) is 19.1 Å². The first-order valence-electron chi connectivity index (χ1n) is 7.23. The second-order valence-electron chi connectivity index (χ2n) is 5.92. The molecule has 106 valence electrons. The molecular formula is C16H26N2O. The van der Waals surface area contributed by atoms with Gasteiger partial charge in [0.25, 0.3) is 0 Å². The van der Waals surface area contributed by atoms with Gasteiger partial charge in [0.1, 0.15) is 0 Å². The summed E-state index contributed by atoms with van der Waals surface area (Å²) in [6.45, 7) is 9.14. The van der Waals surface area contributed by atoms with Crippen LogP contribution < -0.4 is 5.73 Å². The molecule has 1 aromatic carbocycles. The lowest BCUT2D eigenvalue weighted by Crippen LogP contribution is -2.55. The number of nitrogens with zero attached hydrogens (tertiary/aromatic N) is 1. The zero-order valence-corrected chi connectivity index (χ0v) is 12.3. The van der Waals surface area contributed by atoms with Crippen LogP contribution in [0, 0.1) is 0 Å². The molecule has 3 unspecified atom stereocenters. The molecule has 3 atom stereocenters. The van der Waals surface area contributed by atoms with Gasteiger partial charge in [0.15, 0.2) is 0 Å². The summed E-state index contributed by atoms with van der Waals surface area (Å²) in [6, 6.07) is 10.9. The Morgan fingerprint density at radius 2 is 2.05 bits per heavy atom. The maximum atomic E-state index is 6.55. The van der Waals surface area contributed by atoms with E-state index in [1.54, 1.807) is 0 Å². The van der Waals surface area contributed by atoms with E-state index in [0.29, 0.717) is 12.1 Å². The van der Waals surface area contributed by atoms with Gasteiger partial charge in [-0.1, -0.05) is 37.3 Å². The number of nitrogens with two attached hydrogens (primary N) is 1. The maximum absolute atomic E-state index is 6.55. The number of hydrogen-bond donors (Lipinski definition) is 1. The SMILES string of the molecule is CCC1COC(C)CN1CC(C)(N)c1ccccc1. The van der Waals surface area contributed by atoms with Crippen molar-refractivity contribution in [3.8, 4) is 0 Å². The number of ether oxygens (including phenoxy) is 1. The van der Waals surface area contributed by atoms with Gasteiger partial charge in [0.2, 0.25) is 0 Å². The number of morpholine rings is 1. The summed E-state index contributed by atoms with van der Waals surface area (Å²) < 4.78 is 5.75. The molecule has 1 heterocycles. The highest BCUT2D eigenvalue weighted by atomic mass is 16.5. The Bertz CT molecular complexity index is 391. The average molecular weight is 262 g/mol. The first-order chi connectivity index (χ1) is 9.03. The van der Waals surface area contributed by atoms with Crippen molar-refractivity contribution in [1.82, 2.24) is 4.90 Å². The fourth-order valence-corrected chi connectivity index (χ4v) is 2.81. The molecule has 2 N–H and O–H groups in total. The third-order valence-corrected chi connectivity index (χ3v) is 4.02. The highest BCUT2D eigenvalue weighted by Gasteiger charge is 2.31. The van der Waals surface area contributed by atoms with E-state index in [1.807, 2.05) is 6.07 Å². The van der Waals surface area contributed by atoms with Gasteiger partial charge in [-0.2, -0.15) is 0 Å². The van der Waals surface area contributed by atoms with Crippen molar-refractivity contribution in [3.05, 3.63) is 35.9 Å². The third-order valence-electron chi connectivity index (χ3n) is 4.02. The summed E-state index contributed by atoms with van der Waals surface area (Å²) in [4.78, 5) is 2.49. The second-order valence-corrected chi connectivity index (χ2v) is 5.92. The lowest BCUT2D eigenvalue weighted by atomic mass is 9.91. The topological polar surface area (TPSA) is 38.5 Å². The number of rotatable bonds is 4. The molecule has 3 heteroatoms.